The predicted octanol–water partition coefficient (Wildman–Crippen LogP) is 2.94. The van der Waals surface area contributed by atoms with E-state index in [1.165, 1.54) is 0 Å². The van der Waals surface area contributed by atoms with Gasteiger partial charge in [0.15, 0.2) is 0 Å². The van der Waals surface area contributed by atoms with Crippen LogP contribution in [0.25, 0.3) is 0 Å². The summed E-state index contributed by atoms with van der Waals surface area (Å²) in [5.41, 5.74) is 5.41. The molecule has 118 valence electrons. The van der Waals surface area contributed by atoms with Gasteiger partial charge in [0.25, 0.3) is 5.91 Å². The number of hydrogen-bond acceptors (Lipinski definition) is 4. The zero-order valence-electron chi connectivity index (χ0n) is 12.8. The van der Waals surface area contributed by atoms with Crippen LogP contribution in [0.1, 0.15) is 18.4 Å². The molecule has 2 N–H and O–H groups in total. The first kappa shape index (κ1) is 15.1. The van der Waals surface area contributed by atoms with Crippen molar-refractivity contribution in [1.29, 1.82) is 0 Å². The highest BCUT2D eigenvalue weighted by atomic mass is 16.5. The molecule has 1 heterocycles. The van der Waals surface area contributed by atoms with Crippen LogP contribution in [-0.4, -0.2) is 18.2 Å². The standard InChI is InChI=1S/C18H19N3O2/c22-18-17(7-4-12-19-18)21-20-15-8-10-16(11-9-15)23-13-14-5-2-1-3-6-14/h1-3,5-6,8-11,20H,4,7,12-13H2,(H,19,22)/b21-17-. The summed E-state index contributed by atoms with van der Waals surface area (Å²) in [6, 6.07) is 17.5. The van der Waals surface area contributed by atoms with Crippen molar-refractivity contribution in [3.8, 4) is 5.75 Å². The van der Waals surface area contributed by atoms with E-state index in [0.29, 0.717) is 18.7 Å². The molecule has 0 spiro atoms. The molecule has 1 amide bonds. The van der Waals surface area contributed by atoms with E-state index in [9.17, 15) is 4.79 Å². The molecule has 1 aliphatic heterocycles. The monoisotopic (exact) mass is 309 g/mol. The van der Waals surface area contributed by atoms with Crippen LogP contribution in [0.3, 0.4) is 0 Å². The minimum absolute atomic E-state index is 0.0911. The number of nitrogens with one attached hydrogen (secondary N) is 2. The first-order chi connectivity index (χ1) is 11.3. The van der Waals surface area contributed by atoms with E-state index < -0.39 is 0 Å². The molecule has 0 bridgehead atoms. The summed E-state index contributed by atoms with van der Waals surface area (Å²) in [7, 11) is 0. The molecule has 1 fully saturated rings. The highest BCUT2D eigenvalue weighted by Gasteiger charge is 2.15. The van der Waals surface area contributed by atoms with Gasteiger partial charge in [0.1, 0.15) is 18.1 Å². The molecule has 3 rings (SSSR count). The summed E-state index contributed by atoms with van der Waals surface area (Å²) in [5.74, 6) is 0.703. The van der Waals surface area contributed by atoms with Gasteiger partial charge in [0.2, 0.25) is 0 Å². The number of piperidine rings is 1. The molecule has 0 unspecified atom stereocenters. The molecule has 2 aromatic carbocycles. The van der Waals surface area contributed by atoms with Crippen molar-refractivity contribution in [2.45, 2.75) is 19.4 Å². The molecule has 0 aliphatic carbocycles. The number of hydrogen-bond donors (Lipinski definition) is 2. The summed E-state index contributed by atoms with van der Waals surface area (Å²) in [4.78, 5) is 11.6. The van der Waals surface area contributed by atoms with Gasteiger partial charge in [-0.3, -0.25) is 10.2 Å². The first-order valence-electron chi connectivity index (χ1n) is 7.69. The lowest BCUT2D eigenvalue weighted by molar-refractivity contribution is -0.115. The Kier molecular flexibility index (Phi) is 4.88. The summed E-state index contributed by atoms with van der Waals surface area (Å²) in [6.07, 6.45) is 1.63. The fraction of sp³-hybridized carbons (Fsp3) is 0.222. The number of carbonyl (C=O) groups excluding carboxylic acids is 1. The number of benzene rings is 2. The maximum atomic E-state index is 11.6. The quantitative estimate of drug-likeness (QED) is 0.835. The van der Waals surface area contributed by atoms with Gasteiger partial charge in [0, 0.05) is 6.54 Å². The van der Waals surface area contributed by atoms with Gasteiger partial charge < -0.3 is 10.1 Å². The van der Waals surface area contributed by atoms with E-state index in [4.69, 9.17) is 4.74 Å². The summed E-state index contributed by atoms with van der Waals surface area (Å²) >= 11 is 0. The van der Waals surface area contributed by atoms with Crippen molar-refractivity contribution in [3.05, 3.63) is 60.2 Å². The number of amides is 1. The van der Waals surface area contributed by atoms with Gasteiger partial charge in [-0.25, -0.2) is 0 Å². The third-order valence-electron chi connectivity index (χ3n) is 3.56. The van der Waals surface area contributed by atoms with Crippen LogP contribution in [0.5, 0.6) is 5.75 Å². The highest BCUT2D eigenvalue weighted by molar-refractivity contribution is 6.39. The van der Waals surface area contributed by atoms with Crippen LogP contribution in [0.2, 0.25) is 0 Å². The van der Waals surface area contributed by atoms with Crippen LogP contribution in [-0.2, 0) is 11.4 Å². The molecule has 0 atom stereocenters. The number of anilines is 1. The molecular formula is C18H19N3O2. The Balaban J connectivity index is 1.54. The van der Waals surface area contributed by atoms with E-state index in [-0.39, 0.29) is 5.91 Å². The molecule has 5 heteroatoms. The van der Waals surface area contributed by atoms with Crippen LogP contribution >= 0.6 is 0 Å². The summed E-state index contributed by atoms with van der Waals surface area (Å²) < 4.78 is 5.73. The van der Waals surface area contributed by atoms with Crippen LogP contribution in [0, 0.1) is 0 Å². The average molecular weight is 309 g/mol. The van der Waals surface area contributed by atoms with Gasteiger partial charge in [-0.1, -0.05) is 30.3 Å². The molecule has 2 aromatic rings. The van der Waals surface area contributed by atoms with E-state index in [1.54, 1.807) is 0 Å². The largest absolute Gasteiger partial charge is 0.489 e. The highest BCUT2D eigenvalue weighted by Crippen LogP contribution is 2.17. The maximum Gasteiger partial charge on any atom is 0.267 e. The molecular weight excluding hydrogens is 290 g/mol. The normalized spacial score (nSPS) is 16.0. The van der Waals surface area contributed by atoms with Gasteiger partial charge in [-0.05, 0) is 42.7 Å². The third-order valence-corrected chi connectivity index (χ3v) is 3.56. The van der Waals surface area contributed by atoms with E-state index >= 15 is 0 Å². The Bertz CT molecular complexity index is 681. The second-order valence-corrected chi connectivity index (χ2v) is 5.33. The zero-order chi connectivity index (χ0) is 15.9. The van der Waals surface area contributed by atoms with Crippen LogP contribution in [0.4, 0.5) is 5.69 Å². The van der Waals surface area contributed by atoms with Gasteiger partial charge >= 0.3 is 0 Å². The minimum atomic E-state index is -0.0911. The van der Waals surface area contributed by atoms with Crippen LogP contribution in [0.15, 0.2) is 59.7 Å². The van der Waals surface area contributed by atoms with Crippen molar-refractivity contribution in [2.24, 2.45) is 5.10 Å². The predicted molar refractivity (Wildman–Crippen MR) is 90.5 cm³/mol. The van der Waals surface area contributed by atoms with Crippen molar-refractivity contribution >= 4 is 17.3 Å². The molecule has 1 aliphatic rings. The summed E-state index contributed by atoms with van der Waals surface area (Å²) in [5, 5.41) is 6.95. The maximum absolute atomic E-state index is 11.6. The first-order valence-corrected chi connectivity index (χ1v) is 7.69. The second kappa shape index (κ2) is 7.45. The van der Waals surface area contributed by atoms with E-state index in [2.05, 4.69) is 15.8 Å². The molecule has 0 saturated carbocycles. The van der Waals surface area contributed by atoms with E-state index in [1.807, 2.05) is 54.6 Å². The zero-order valence-corrected chi connectivity index (χ0v) is 12.8. The van der Waals surface area contributed by atoms with Crippen LogP contribution < -0.4 is 15.5 Å². The average Bonchev–Trinajstić information content (AvgIpc) is 2.61. The third kappa shape index (κ3) is 4.32. The number of ether oxygens (including phenoxy) is 1. The van der Waals surface area contributed by atoms with Crippen molar-refractivity contribution < 1.29 is 9.53 Å². The number of carbonyl (C=O) groups is 1. The Morgan fingerprint density at radius 2 is 1.87 bits per heavy atom. The fourth-order valence-corrected chi connectivity index (χ4v) is 2.28. The lowest BCUT2D eigenvalue weighted by Crippen LogP contribution is -2.37. The fourth-order valence-electron chi connectivity index (χ4n) is 2.28. The van der Waals surface area contributed by atoms with Crippen molar-refractivity contribution in [1.82, 2.24) is 5.32 Å². The van der Waals surface area contributed by atoms with Gasteiger partial charge in [-0.2, -0.15) is 5.10 Å². The lowest BCUT2D eigenvalue weighted by atomic mass is 10.1. The van der Waals surface area contributed by atoms with Gasteiger partial charge in [0.05, 0.1) is 5.69 Å². The lowest BCUT2D eigenvalue weighted by Gasteiger charge is -2.13. The van der Waals surface area contributed by atoms with Crippen molar-refractivity contribution in [2.75, 3.05) is 12.0 Å². The smallest absolute Gasteiger partial charge is 0.267 e. The molecule has 1 saturated heterocycles. The van der Waals surface area contributed by atoms with Gasteiger partial charge in [-0.15, -0.1) is 0 Å². The number of nitrogens with zero attached hydrogens (tertiary/aromatic N) is 1. The van der Waals surface area contributed by atoms with E-state index in [0.717, 1.165) is 30.0 Å². The second-order valence-electron chi connectivity index (χ2n) is 5.33. The topological polar surface area (TPSA) is 62.7 Å². The number of hydrazone groups is 1. The Morgan fingerprint density at radius 3 is 2.61 bits per heavy atom. The molecule has 0 radical (unpaired) electrons. The van der Waals surface area contributed by atoms with Crippen molar-refractivity contribution in [3.63, 3.8) is 0 Å². The SMILES string of the molecule is O=C1NCCC/C1=N/Nc1ccc(OCc2ccccc2)cc1. The molecule has 23 heavy (non-hydrogen) atoms. The summed E-state index contributed by atoms with van der Waals surface area (Å²) in [6.45, 7) is 1.27. The Morgan fingerprint density at radius 1 is 1.09 bits per heavy atom. The molecule has 5 nitrogen and oxygen atoms in total. The molecule has 0 aromatic heterocycles. The number of rotatable bonds is 5. The Labute approximate surface area is 135 Å². The minimum Gasteiger partial charge on any atom is -0.489 e. The Hall–Kier alpha value is -2.82.